The van der Waals surface area contributed by atoms with Gasteiger partial charge in [-0.3, -0.25) is 0 Å². The molecule has 3 aliphatic rings. The monoisotopic (exact) mass is 689 g/mol. The zero-order valence-electron chi connectivity index (χ0n) is 37.8. The molecule has 0 aromatic rings. The molecule has 0 aliphatic heterocycles. The molecule has 12 unspecified atom stereocenters. The van der Waals surface area contributed by atoms with Gasteiger partial charge in [0.2, 0.25) is 0 Å². The number of hydrogen-bond acceptors (Lipinski definition) is 0. The van der Waals surface area contributed by atoms with E-state index in [-0.39, 0.29) is 0 Å². The van der Waals surface area contributed by atoms with Gasteiger partial charge in [-0.15, -0.1) is 0 Å². The topological polar surface area (TPSA) is 0 Å². The number of hydrogen-bond donors (Lipinski definition) is 0. The second-order valence-corrected chi connectivity index (χ2v) is 20.7. The molecule has 3 fully saturated rings. The minimum Gasteiger partial charge on any atom is -0.0654 e. The molecule has 12 atom stereocenters. The van der Waals surface area contributed by atoms with E-state index < -0.39 is 0 Å². The third-order valence-electron chi connectivity index (χ3n) is 14.1. The number of rotatable bonds is 6. The van der Waals surface area contributed by atoms with Crippen LogP contribution in [0.25, 0.3) is 0 Å². The Morgan fingerprint density at radius 1 is 0.449 bits per heavy atom. The van der Waals surface area contributed by atoms with Crippen molar-refractivity contribution < 1.29 is 0 Å². The lowest BCUT2D eigenvalue weighted by Crippen LogP contribution is -2.37. The molecule has 0 aromatic heterocycles. The molecule has 3 rings (SSSR count). The van der Waals surface area contributed by atoms with E-state index in [1.54, 1.807) is 0 Å². The van der Waals surface area contributed by atoms with Crippen LogP contribution in [-0.2, 0) is 0 Å². The molecule has 0 amide bonds. The van der Waals surface area contributed by atoms with Crippen molar-refractivity contribution in [1.82, 2.24) is 0 Å². The van der Waals surface area contributed by atoms with Crippen molar-refractivity contribution in [1.29, 1.82) is 0 Å². The van der Waals surface area contributed by atoms with E-state index in [4.69, 9.17) is 0 Å². The maximum Gasteiger partial charge on any atom is -0.0357 e. The first-order valence-electron chi connectivity index (χ1n) is 22.8. The van der Waals surface area contributed by atoms with Crippen LogP contribution in [0, 0.1) is 94.7 Å². The SMILES string of the molecule is C1CCC1.CC(C)C.CC(C)C.CCCCCC1CC2C(C)CC(C(C)C)CCC(C(C)C)CC(CCC(C)C(C)C(C)C(C)C1C)C2C. The summed E-state index contributed by atoms with van der Waals surface area (Å²) in [7, 11) is 0. The predicted octanol–water partition coefficient (Wildman–Crippen LogP) is 17.1. The first kappa shape index (κ1) is 49.0. The Balaban J connectivity index is 0.00000163. The molecule has 3 saturated carbocycles. The molecule has 0 N–H and O–H groups in total. The van der Waals surface area contributed by atoms with Crippen molar-refractivity contribution in [3.05, 3.63) is 0 Å². The van der Waals surface area contributed by atoms with Crippen molar-refractivity contribution in [2.75, 3.05) is 0 Å². The summed E-state index contributed by atoms with van der Waals surface area (Å²) >= 11 is 0. The molecule has 0 heteroatoms. The molecule has 0 nitrogen and oxygen atoms in total. The van der Waals surface area contributed by atoms with Crippen molar-refractivity contribution in [2.45, 2.75) is 221 Å². The third-order valence-corrected chi connectivity index (χ3v) is 14.1. The van der Waals surface area contributed by atoms with Gasteiger partial charge >= 0.3 is 0 Å². The van der Waals surface area contributed by atoms with E-state index >= 15 is 0 Å². The van der Waals surface area contributed by atoms with Crippen LogP contribution in [-0.4, -0.2) is 0 Å². The quantitative estimate of drug-likeness (QED) is 0.244. The molecule has 0 heterocycles. The largest absolute Gasteiger partial charge is 0.0654 e. The lowest BCUT2D eigenvalue weighted by Gasteiger charge is -2.45. The fourth-order valence-electron chi connectivity index (χ4n) is 9.32. The lowest BCUT2D eigenvalue weighted by molar-refractivity contribution is 0.0445. The van der Waals surface area contributed by atoms with Gasteiger partial charge in [-0.1, -0.05) is 182 Å². The van der Waals surface area contributed by atoms with Gasteiger partial charge < -0.3 is 0 Å². The highest BCUT2D eigenvalue weighted by Crippen LogP contribution is 2.48. The molecule has 49 heavy (non-hydrogen) atoms. The Bertz CT molecular complexity index is 726. The summed E-state index contributed by atoms with van der Waals surface area (Å²) in [6, 6.07) is 0. The summed E-state index contributed by atoms with van der Waals surface area (Å²) in [5.74, 6) is 13.8. The third kappa shape index (κ3) is 20.1. The Morgan fingerprint density at radius 3 is 1.33 bits per heavy atom. The van der Waals surface area contributed by atoms with Crippen LogP contribution in [0.2, 0.25) is 0 Å². The average Bonchev–Trinajstić information content (AvgIpc) is 2.97. The van der Waals surface area contributed by atoms with E-state index in [9.17, 15) is 0 Å². The highest BCUT2D eigenvalue weighted by Gasteiger charge is 2.39. The molecule has 0 aromatic carbocycles. The summed E-state index contributed by atoms with van der Waals surface area (Å²) in [4.78, 5) is 0. The van der Waals surface area contributed by atoms with E-state index in [1.165, 1.54) is 96.3 Å². The fourth-order valence-corrected chi connectivity index (χ4v) is 9.32. The number of fused-ring (bicyclic) bond motifs is 2. The van der Waals surface area contributed by atoms with Gasteiger partial charge in [0.25, 0.3) is 0 Å². The van der Waals surface area contributed by atoms with E-state index in [0.29, 0.717) is 0 Å². The summed E-state index contributed by atoms with van der Waals surface area (Å²) in [6.07, 6.45) is 22.0. The molecule has 0 radical (unpaired) electrons. The molecular weight excluding hydrogens is 589 g/mol. The van der Waals surface area contributed by atoms with Crippen molar-refractivity contribution >= 4 is 0 Å². The molecular formula is C49H100. The van der Waals surface area contributed by atoms with Gasteiger partial charge in [0.05, 0.1) is 0 Å². The van der Waals surface area contributed by atoms with Crippen LogP contribution in [0.1, 0.15) is 221 Å². The van der Waals surface area contributed by atoms with Gasteiger partial charge in [0.15, 0.2) is 0 Å². The maximum atomic E-state index is 2.73. The predicted molar refractivity (Wildman–Crippen MR) is 227 cm³/mol. The molecule has 0 spiro atoms. The Labute approximate surface area is 314 Å². The van der Waals surface area contributed by atoms with Crippen molar-refractivity contribution in [2.24, 2.45) is 94.7 Å². The first-order valence-corrected chi connectivity index (χ1v) is 22.8. The van der Waals surface area contributed by atoms with Crippen LogP contribution in [0.3, 0.4) is 0 Å². The summed E-state index contributed by atoms with van der Waals surface area (Å²) in [5.41, 5.74) is 0. The standard InChI is InChI=1S/C37H72.C4H8.2C4H10/c1-13-14-15-16-35-23-37-27(7)21-33(24(2)3)19-20-34(25(4)5)22-36(32(37)12)18-17-26(6)28(8)29(9)30(10)31(35)11;1-2-4-3-1;2*1-4(2)3/h24-37H,13-23H2,1-12H3;1-4H2;2*4H,1-3H3. The average molecular weight is 689 g/mol. The smallest absolute Gasteiger partial charge is 0.0357 e. The van der Waals surface area contributed by atoms with E-state index in [2.05, 4.69) is 125 Å². The highest BCUT2D eigenvalue weighted by molar-refractivity contribution is 4.89. The van der Waals surface area contributed by atoms with Crippen LogP contribution in [0.4, 0.5) is 0 Å². The van der Waals surface area contributed by atoms with Gasteiger partial charge in [-0.25, -0.2) is 0 Å². The summed E-state index contributed by atoms with van der Waals surface area (Å²) < 4.78 is 0. The second kappa shape index (κ2) is 26.7. The zero-order chi connectivity index (χ0) is 37.8. The van der Waals surface area contributed by atoms with Gasteiger partial charge in [0.1, 0.15) is 0 Å². The molecule has 296 valence electrons. The Kier molecular flexibility index (Phi) is 26.7. The Hall–Kier alpha value is 0. The van der Waals surface area contributed by atoms with Gasteiger partial charge in [-0.05, 0) is 133 Å². The summed E-state index contributed by atoms with van der Waals surface area (Å²) in [5, 5.41) is 0. The first-order chi connectivity index (χ1) is 22.8. The summed E-state index contributed by atoms with van der Waals surface area (Å²) in [6.45, 7) is 44.0. The number of unbranched alkanes of at least 4 members (excludes halogenated alkanes) is 2. The minimum atomic E-state index is 0.828. The maximum absolute atomic E-state index is 2.73. The molecule has 2 bridgehead atoms. The van der Waals surface area contributed by atoms with Crippen LogP contribution in [0.5, 0.6) is 0 Å². The van der Waals surface area contributed by atoms with Gasteiger partial charge in [-0.2, -0.15) is 0 Å². The molecule has 0 saturated heterocycles. The van der Waals surface area contributed by atoms with Crippen LogP contribution in [0.15, 0.2) is 0 Å². The fraction of sp³-hybridized carbons (Fsp3) is 1.00. The highest BCUT2D eigenvalue weighted by atomic mass is 14.4. The zero-order valence-corrected chi connectivity index (χ0v) is 37.8. The molecule has 3 aliphatic carbocycles. The lowest BCUT2D eigenvalue weighted by atomic mass is 9.60. The normalized spacial score (nSPS) is 36.1. The Morgan fingerprint density at radius 2 is 0.898 bits per heavy atom. The van der Waals surface area contributed by atoms with Crippen molar-refractivity contribution in [3.63, 3.8) is 0 Å². The van der Waals surface area contributed by atoms with Crippen molar-refractivity contribution in [3.8, 4) is 0 Å². The second-order valence-electron chi connectivity index (χ2n) is 20.7. The minimum absolute atomic E-state index is 0.828. The van der Waals surface area contributed by atoms with Gasteiger partial charge in [0, 0.05) is 0 Å². The van der Waals surface area contributed by atoms with E-state index in [1.807, 2.05) is 0 Å². The van der Waals surface area contributed by atoms with Crippen LogP contribution >= 0.6 is 0 Å². The van der Waals surface area contributed by atoms with E-state index in [0.717, 1.165) is 94.7 Å². The van der Waals surface area contributed by atoms with Crippen LogP contribution < -0.4 is 0 Å².